The van der Waals surface area contributed by atoms with Crippen molar-refractivity contribution >= 4 is 47.2 Å². The Hall–Kier alpha value is -2.69. The van der Waals surface area contributed by atoms with Gasteiger partial charge in [0, 0.05) is 31.9 Å². The number of anilines is 1. The van der Waals surface area contributed by atoms with Crippen LogP contribution in [0.3, 0.4) is 0 Å². The third-order valence-corrected chi connectivity index (χ3v) is 4.17. The van der Waals surface area contributed by atoms with Crippen molar-refractivity contribution in [3.05, 3.63) is 60.0 Å². The maximum absolute atomic E-state index is 11.8. The summed E-state index contributed by atoms with van der Waals surface area (Å²) in [6, 6.07) is 13.6. The first-order valence-corrected chi connectivity index (χ1v) is 9.31. The number of hydrogen-bond acceptors (Lipinski definition) is 4. The van der Waals surface area contributed by atoms with E-state index in [-0.39, 0.29) is 29.9 Å². The fourth-order valence-corrected chi connectivity index (χ4v) is 2.79. The van der Waals surface area contributed by atoms with E-state index in [0.29, 0.717) is 25.5 Å². The molecule has 0 radical (unpaired) electrons. The molecule has 2 heterocycles. The normalized spacial score (nSPS) is 11.0. The number of carbonyl (C=O) groups is 1. The second kappa shape index (κ2) is 11.3. The Balaban J connectivity index is 0.00000300. The van der Waals surface area contributed by atoms with Gasteiger partial charge < -0.3 is 16.0 Å². The van der Waals surface area contributed by atoms with Gasteiger partial charge in [0.1, 0.15) is 0 Å². The van der Waals surface area contributed by atoms with Crippen LogP contribution in [0.2, 0.25) is 0 Å². The highest BCUT2D eigenvalue weighted by molar-refractivity contribution is 14.0. The monoisotopic (exact) mass is 507 g/mol. The molecule has 154 valence electrons. The standard InChI is InChI=1S/C20H25N7O.HI/c1-3-7-19(28)24-16-9-6-8-15(12-16)13-22-20(21-2)23-14-18-26-25-17-10-4-5-11-27(17)18;/h4-6,8-12H,3,7,13-14H2,1-2H3,(H,24,28)(H2,21,22,23);1H. The highest BCUT2D eigenvalue weighted by Crippen LogP contribution is 2.11. The second-order valence-corrected chi connectivity index (χ2v) is 6.32. The van der Waals surface area contributed by atoms with Crippen molar-refractivity contribution in [2.45, 2.75) is 32.9 Å². The average Bonchev–Trinajstić information content (AvgIpc) is 3.12. The SMILES string of the molecule is CCCC(=O)Nc1cccc(CNC(=NC)NCc2nnc3ccccn23)c1.I. The van der Waals surface area contributed by atoms with Gasteiger partial charge in [-0.3, -0.25) is 14.2 Å². The van der Waals surface area contributed by atoms with Crippen molar-refractivity contribution in [3.63, 3.8) is 0 Å². The van der Waals surface area contributed by atoms with Gasteiger partial charge in [-0.25, -0.2) is 0 Å². The first-order valence-electron chi connectivity index (χ1n) is 9.31. The summed E-state index contributed by atoms with van der Waals surface area (Å²) in [5.74, 6) is 1.50. The number of carbonyl (C=O) groups excluding carboxylic acids is 1. The number of rotatable bonds is 7. The molecule has 3 rings (SSSR count). The van der Waals surface area contributed by atoms with E-state index >= 15 is 0 Å². The molecule has 0 fully saturated rings. The van der Waals surface area contributed by atoms with E-state index in [9.17, 15) is 4.79 Å². The summed E-state index contributed by atoms with van der Waals surface area (Å²) >= 11 is 0. The van der Waals surface area contributed by atoms with Crippen molar-refractivity contribution in [2.75, 3.05) is 12.4 Å². The van der Waals surface area contributed by atoms with Crippen molar-refractivity contribution < 1.29 is 4.79 Å². The molecule has 0 aliphatic carbocycles. The van der Waals surface area contributed by atoms with Crippen LogP contribution >= 0.6 is 24.0 Å². The number of benzene rings is 1. The maximum atomic E-state index is 11.8. The largest absolute Gasteiger partial charge is 0.352 e. The number of aliphatic imine (C=N–C) groups is 1. The van der Waals surface area contributed by atoms with Crippen LogP contribution in [0.15, 0.2) is 53.7 Å². The molecule has 9 heteroatoms. The molecule has 3 aromatic rings. The Morgan fingerprint density at radius 3 is 2.72 bits per heavy atom. The summed E-state index contributed by atoms with van der Waals surface area (Å²) in [7, 11) is 1.72. The minimum atomic E-state index is 0. The van der Waals surface area contributed by atoms with Gasteiger partial charge in [0.25, 0.3) is 0 Å². The Labute approximate surface area is 187 Å². The highest BCUT2D eigenvalue weighted by Gasteiger charge is 2.06. The molecule has 2 aromatic heterocycles. The van der Waals surface area contributed by atoms with Gasteiger partial charge in [-0.2, -0.15) is 0 Å². The number of aromatic nitrogens is 3. The lowest BCUT2D eigenvalue weighted by molar-refractivity contribution is -0.116. The van der Waals surface area contributed by atoms with Crippen molar-refractivity contribution in [1.82, 2.24) is 25.2 Å². The molecule has 0 aliphatic rings. The lowest BCUT2D eigenvalue weighted by Crippen LogP contribution is -2.36. The molecule has 8 nitrogen and oxygen atoms in total. The summed E-state index contributed by atoms with van der Waals surface area (Å²) in [5, 5.41) is 17.8. The van der Waals surface area contributed by atoms with Gasteiger partial charge >= 0.3 is 0 Å². The fourth-order valence-electron chi connectivity index (χ4n) is 2.79. The lowest BCUT2D eigenvalue weighted by Gasteiger charge is -2.12. The molecule has 0 saturated carbocycles. The van der Waals surface area contributed by atoms with Gasteiger partial charge in [0.05, 0.1) is 6.54 Å². The number of guanidine groups is 1. The van der Waals surface area contributed by atoms with E-state index in [1.807, 2.05) is 60.0 Å². The number of pyridine rings is 1. The van der Waals surface area contributed by atoms with E-state index in [1.165, 1.54) is 0 Å². The minimum absolute atomic E-state index is 0. The number of halogens is 1. The molecule has 1 aromatic carbocycles. The average molecular weight is 507 g/mol. The predicted molar refractivity (Wildman–Crippen MR) is 125 cm³/mol. The fraction of sp³-hybridized carbons (Fsp3) is 0.300. The number of hydrogen-bond donors (Lipinski definition) is 3. The first-order chi connectivity index (χ1) is 13.7. The molecule has 0 saturated heterocycles. The molecule has 1 amide bonds. The van der Waals surface area contributed by atoms with Gasteiger partial charge in [-0.15, -0.1) is 34.2 Å². The Morgan fingerprint density at radius 2 is 1.93 bits per heavy atom. The van der Waals surface area contributed by atoms with Gasteiger partial charge in [-0.1, -0.05) is 25.1 Å². The van der Waals surface area contributed by atoms with Crippen LogP contribution < -0.4 is 16.0 Å². The third-order valence-electron chi connectivity index (χ3n) is 4.17. The Morgan fingerprint density at radius 1 is 1.10 bits per heavy atom. The molecule has 29 heavy (non-hydrogen) atoms. The summed E-state index contributed by atoms with van der Waals surface area (Å²) in [6.45, 7) is 3.07. The number of nitrogens with one attached hydrogen (secondary N) is 3. The van der Waals surface area contributed by atoms with Crippen LogP contribution in [-0.2, 0) is 17.9 Å². The molecule has 0 bridgehead atoms. The van der Waals surface area contributed by atoms with Gasteiger partial charge in [0.2, 0.25) is 5.91 Å². The van der Waals surface area contributed by atoms with Crippen molar-refractivity contribution in [3.8, 4) is 0 Å². The maximum Gasteiger partial charge on any atom is 0.224 e. The van der Waals surface area contributed by atoms with Crippen molar-refractivity contribution in [2.24, 2.45) is 4.99 Å². The Bertz CT molecular complexity index is 970. The van der Waals surface area contributed by atoms with Gasteiger partial charge in [0.15, 0.2) is 17.4 Å². The minimum Gasteiger partial charge on any atom is -0.352 e. The van der Waals surface area contributed by atoms with E-state index in [2.05, 4.69) is 31.1 Å². The lowest BCUT2D eigenvalue weighted by atomic mass is 10.2. The van der Waals surface area contributed by atoms with Crippen LogP contribution in [0, 0.1) is 0 Å². The molecular weight excluding hydrogens is 481 g/mol. The zero-order valence-corrected chi connectivity index (χ0v) is 18.9. The van der Waals surface area contributed by atoms with Crippen LogP contribution in [0.5, 0.6) is 0 Å². The predicted octanol–water partition coefficient (Wildman–Crippen LogP) is 2.95. The smallest absolute Gasteiger partial charge is 0.224 e. The third kappa shape index (κ3) is 6.41. The number of nitrogens with zero attached hydrogens (tertiary/aromatic N) is 4. The first kappa shape index (κ1) is 22.6. The van der Waals surface area contributed by atoms with E-state index in [1.54, 1.807) is 7.05 Å². The highest BCUT2D eigenvalue weighted by atomic mass is 127. The molecule has 3 N–H and O–H groups in total. The van der Waals surface area contributed by atoms with E-state index < -0.39 is 0 Å². The molecule has 0 unspecified atom stereocenters. The zero-order valence-electron chi connectivity index (χ0n) is 16.6. The van der Waals surface area contributed by atoms with Crippen LogP contribution in [0.4, 0.5) is 5.69 Å². The van der Waals surface area contributed by atoms with Crippen molar-refractivity contribution in [1.29, 1.82) is 0 Å². The van der Waals surface area contributed by atoms with Gasteiger partial charge in [-0.05, 0) is 36.2 Å². The summed E-state index contributed by atoms with van der Waals surface area (Å²) in [4.78, 5) is 16.0. The molecular formula is C20H26IN7O. The summed E-state index contributed by atoms with van der Waals surface area (Å²) in [6.07, 6.45) is 3.29. The quantitative estimate of drug-likeness (QED) is 0.260. The molecule has 0 atom stereocenters. The summed E-state index contributed by atoms with van der Waals surface area (Å²) in [5.41, 5.74) is 2.66. The Kier molecular flexibility index (Phi) is 8.84. The number of fused-ring (bicyclic) bond motifs is 1. The van der Waals surface area contributed by atoms with E-state index in [0.717, 1.165) is 29.1 Å². The topological polar surface area (TPSA) is 95.7 Å². The molecule has 0 spiro atoms. The second-order valence-electron chi connectivity index (χ2n) is 6.32. The summed E-state index contributed by atoms with van der Waals surface area (Å²) < 4.78 is 1.93. The zero-order chi connectivity index (χ0) is 19.8. The van der Waals surface area contributed by atoms with Crippen LogP contribution in [-0.4, -0.2) is 33.5 Å². The number of amides is 1. The van der Waals surface area contributed by atoms with E-state index in [4.69, 9.17) is 0 Å². The van der Waals surface area contributed by atoms with Crippen LogP contribution in [0.1, 0.15) is 31.2 Å². The van der Waals surface area contributed by atoms with Crippen LogP contribution in [0.25, 0.3) is 5.65 Å². The molecule has 0 aliphatic heterocycles.